The van der Waals surface area contributed by atoms with Crippen LogP contribution in [0, 0.1) is 6.92 Å². The van der Waals surface area contributed by atoms with E-state index in [-0.39, 0.29) is 5.89 Å². The van der Waals surface area contributed by atoms with Gasteiger partial charge in [-0.25, -0.2) is 18.5 Å². The van der Waals surface area contributed by atoms with Gasteiger partial charge in [-0.15, -0.1) is 0 Å². The molecule has 0 saturated heterocycles. The van der Waals surface area contributed by atoms with Crippen molar-refractivity contribution in [2.24, 2.45) is 5.14 Å². The zero-order chi connectivity index (χ0) is 11.6. The fourth-order valence-corrected chi connectivity index (χ4v) is 1.74. The molecule has 0 spiro atoms. The molecule has 0 saturated carbocycles. The summed E-state index contributed by atoms with van der Waals surface area (Å²) in [6.07, 6.45) is 0.714. The molecule has 0 fully saturated rings. The maximum atomic E-state index is 11.1. The molecule has 2 atom stereocenters. The Morgan fingerprint density at radius 3 is 2.53 bits per heavy atom. The first-order valence-corrected chi connectivity index (χ1v) is 5.94. The maximum absolute atomic E-state index is 11.1. The topological polar surface area (TPSA) is 95.4 Å². The summed E-state index contributed by atoms with van der Waals surface area (Å²) in [4.78, 5) is 3.91. The highest BCUT2D eigenvalue weighted by Gasteiger charge is 2.31. The molecule has 1 aromatic heterocycles. The van der Waals surface area contributed by atoms with Crippen molar-refractivity contribution in [1.29, 1.82) is 0 Å². The highest BCUT2D eigenvalue weighted by Crippen LogP contribution is 2.23. The Balaban J connectivity index is 2.99. The number of primary sulfonamides is 1. The van der Waals surface area contributed by atoms with Gasteiger partial charge in [0.05, 0.1) is 6.20 Å². The van der Waals surface area contributed by atoms with Crippen LogP contribution in [0.15, 0.2) is 10.6 Å². The molecule has 1 aromatic rings. The molecule has 0 amide bonds. The van der Waals surface area contributed by atoms with Gasteiger partial charge >= 0.3 is 0 Å². The lowest BCUT2D eigenvalue weighted by atomic mass is 10.3. The lowest BCUT2D eigenvalue weighted by Crippen LogP contribution is -2.32. The third kappa shape index (κ3) is 2.77. The Kier molecular flexibility index (Phi) is 3.48. The number of ether oxygens (including phenoxy) is 1. The van der Waals surface area contributed by atoms with Crippen LogP contribution in [0.3, 0.4) is 0 Å². The highest BCUT2D eigenvalue weighted by atomic mass is 32.2. The molecule has 6 nitrogen and oxygen atoms in total. The van der Waals surface area contributed by atoms with E-state index in [1.54, 1.807) is 6.92 Å². The maximum Gasteiger partial charge on any atom is 0.224 e. The van der Waals surface area contributed by atoms with Gasteiger partial charge in [0.15, 0.2) is 6.10 Å². The van der Waals surface area contributed by atoms with Crippen molar-refractivity contribution in [3.8, 4) is 0 Å². The number of aromatic nitrogens is 1. The second-order valence-electron chi connectivity index (χ2n) is 3.26. The Hall–Kier alpha value is -0.920. The monoisotopic (exact) mass is 234 g/mol. The van der Waals surface area contributed by atoms with E-state index in [4.69, 9.17) is 14.3 Å². The zero-order valence-electron chi connectivity index (χ0n) is 8.80. The van der Waals surface area contributed by atoms with Gasteiger partial charge in [-0.2, -0.15) is 0 Å². The summed E-state index contributed by atoms with van der Waals surface area (Å²) >= 11 is 0. The average molecular weight is 234 g/mol. The molecule has 86 valence electrons. The first kappa shape index (κ1) is 12.2. The van der Waals surface area contributed by atoms with Crippen LogP contribution < -0.4 is 5.14 Å². The third-order valence-electron chi connectivity index (χ3n) is 2.08. The predicted molar refractivity (Wildman–Crippen MR) is 53.6 cm³/mol. The number of oxazole rings is 1. The minimum absolute atomic E-state index is 0.219. The van der Waals surface area contributed by atoms with Gasteiger partial charge in [-0.05, 0) is 13.8 Å². The molecule has 7 heteroatoms. The van der Waals surface area contributed by atoms with E-state index in [1.165, 1.54) is 20.2 Å². The highest BCUT2D eigenvalue weighted by molar-refractivity contribution is 7.89. The van der Waals surface area contributed by atoms with Gasteiger partial charge in [0.1, 0.15) is 11.0 Å². The molecule has 1 heterocycles. The molecule has 0 aliphatic heterocycles. The molecule has 2 N–H and O–H groups in total. The second kappa shape index (κ2) is 4.30. The number of rotatable bonds is 4. The predicted octanol–water partition coefficient (Wildman–Crippen LogP) is 0.348. The molecule has 0 aliphatic rings. The van der Waals surface area contributed by atoms with Crippen molar-refractivity contribution in [3.63, 3.8) is 0 Å². The normalized spacial score (nSPS) is 16.3. The summed E-state index contributed by atoms with van der Waals surface area (Å²) in [5.74, 6) is 0.810. The van der Waals surface area contributed by atoms with Crippen molar-refractivity contribution in [2.45, 2.75) is 25.2 Å². The first-order valence-electron chi connectivity index (χ1n) is 4.33. The van der Waals surface area contributed by atoms with E-state index in [0.29, 0.717) is 5.76 Å². The molecular formula is C8H14N2O4S. The fourth-order valence-electron chi connectivity index (χ4n) is 1.17. The average Bonchev–Trinajstić information content (AvgIpc) is 2.51. The minimum atomic E-state index is -3.68. The largest absolute Gasteiger partial charge is 0.443 e. The van der Waals surface area contributed by atoms with E-state index >= 15 is 0 Å². The van der Waals surface area contributed by atoms with Gasteiger partial charge in [0.25, 0.3) is 0 Å². The quantitative estimate of drug-likeness (QED) is 0.810. The standard InChI is InChI=1S/C8H14N2O4S/c1-5-4-10-8(14-5)7(13-3)6(2)15(9,11)12/h4,6-7H,1-3H3,(H2,9,11,12)/t6-,7-/m0/s1. The lowest BCUT2D eigenvalue weighted by molar-refractivity contribution is 0.0778. The number of sulfonamides is 1. The molecule has 0 radical (unpaired) electrons. The van der Waals surface area contributed by atoms with Crippen LogP contribution in [0.2, 0.25) is 0 Å². The van der Waals surface area contributed by atoms with Gasteiger partial charge < -0.3 is 9.15 Å². The Morgan fingerprint density at radius 1 is 1.60 bits per heavy atom. The first-order chi connectivity index (χ1) is 6.86. The molecule has 0 aliphatic carbocycles. The number of nitrogens with two attached hydrogens (primary N) is 1. The molecule has 15 heavy (non-hydrogen) atoms. The van der Waals surface area contributed by atoms with E-state index in [9.17, 15) is 8.42 Å². The van der Waals surface area contributed by atoms with Crippen molar-refractivity contribution in [2.75, 3.05) is 7.11 Å². The lowest BCUT2D eigenvalue weighted by Gasteiger charge is -2.17. The van der Waals surface area contributed by atoms with Crippen molar-refractivity contribution >= 4 is 10.0 Å². The number of methoxy groups -OCH3 is 1. The number of hydrogen-bond donors (Lipinski definition) is 1. The second-order valence-corrected chi connectivity index (χ2v) is 5.18. The molecular weight excluding hydrogens is 220 g/mol. The summed E-state index contributed by atoms with van der Waals surface area (Å²) in [5.41, 5.74) is 0. The summed E-state index contributed by atoms with van der Waals surface area (Å²) in [6, 6.07) is 0. The van der Waals surface area contributed by atoms with Crippen molar-refractivity contribution in [3.05, 3.63) is 17.8 Å². The summed E-state index contributed by atoms with van der Waals surface area (Å²) < 4.78 is 32.5. The van der Waals surface area contributed by atoms with Crippen LogP contribution in [-0.2, 0) is 14.8 Å². The van der Waals surface area contributed by atoms with E-state index < -0.39 is 21.4 Å². The number of nitrogens with zero attached hydrogens (tertiary/aromatic N) is 1. The van der Waals surface area contributed by atoms with Gasteiger partial charge in [-0.1, -0.05) is 0 Å². The molecule has 1 rings (SSSR count). The number of aryl methyl sites for hydroxylation is 1. The third-order valence-corrected chi connectivity index (χ3v) is 3.36. The fraction of sp³-hybridized carbons (Fsp3) is 0.625. The van der Waals surface area contributed by atoms with Gasteiger partial charge in [-0.3, -0.25) is 0 Å². The van der Waals surface area contributed by atoms with Gasteiger partial charge in [0, 0.05) is 7.11 Å². The molecule has 0 bridgehead atoms. The van der Waals surface area contributed by atoms with Gasteiger partial charge in [0.2, 0.25) is 15.9 Å². The summed E-state index contributed by atoms with van der Waals surface area (Å²) in [7, 11) is -2.30. The molecule has 0 unspecified atom stereocenters. The number of hydrogen-bond acceptors (Lipinski definition) is 5. The Bertz CT molecular complexity index is 426. The van der Waals surface area contributed by atoms with E-state index in [2.05, 4.69) is 4.98 Å². The minimum Gasteiger partial charge on any atom is -0.443 e. The molecule has 0 aromatic carbocycles. The van der Waals surface area contributed by atoms with Crippen LogP contribution in [-0.4, -0.2) is 25.8 Å². The van der Waals surface area contributed by atoms with Crippen LogP contribution in [0.1, 0.15) is 24.7 Å². The zero-order valence-corrected chi connectivity index (χ0v) is 9.61. The van der Waals surface area contributed by atoms with E-state index in [1.807, 2.05) is 0 Å². The SMILES string of the molecule is CO[C@H](c1ncc(C)o1)[C@H](C)S(N)(=O)=O. The van der Waals surface area contributed by atoms with Crippen molar-refractivity contribution in [1.82, 2.24) is 4.98 Å². The van der Waals surface area contributed by atoms with Crippen molar-refractivity contribution < 1.29 is 17.6 Å². The smallest absolute Gasteiger partial charge is 0.224 e. The van der Waals surface area contributed by atoms with Crippen LogP contribution in [0.25, 0.3) is 0 Å². The summed E-state index contributed by atoms with van der Waals surface area (Å²) in [6.45, 7) is 3.16. The Labute approximate surface area is 88.5 Å². The summed E-state index contributed by atoms with van der Waals surface area (Å²) in [5, 5.41) is 4.12. The van der Waals surface area contributed by atoms with Crippen LogP contribution >= 0.6 is 0 Å². The van der Waals surface area contributed by atoms with Crippen LogP contribution in [0.4, 0.5) is 0 Å². The Morgan fingerprint density at radius 2 is 2.20 bits per heavy atom. The van der Waals surface area contributed by atoms with E-state index in [0.717, 1.165) is 0 Å². The van der Waals surface area contributed by atoms with Crippen LogP contribution in [0.5, 0.6) is 0 Å².